The molecule has 0 aliphatic heterocycles. The van der Waals surface area contributed by atoms with E-state index in [0.29, 0.717) is 0 Å². The number of anilines is 1. The summed E-state index contributed by atoms with van der Waals surface area (Å²) in [6.45, 7) is 0. The molecule has 1 N–H and O–H groups in total. The molecule has 0 radical (unpaired) electrons. The van der Waals surface area contributed by atoms with E-state index in [1.165, 1.54) is 24.3 Å². The van der Waals surface area contributed by atoms with Gasteiger partial charge in [-0.1, -0.05) is 35.3 Å². The quantitative estimate of drug-likeness (QED) is 0.533. The third kappa shape index (κ3) is 2.84. The summed E-state index contributed by atoms with van der Waals surface area (Å²) in [5.41, 5.74) is -0.426. The summed E-state index contributed by atoms with van der Waals surface area (Å²) >= 11 is 11.5. The molecular formula is C11H6Cl2N4O3. The number of nitrogens with one attached hydrogen (secondary N) is 1. The number of nitrogens with zero attached hydrogens (tertiary/aromatic N) is 3. The molecule has 1 amide bonds. The van der Waals surface area contributed by atoms with Crippen LogP contribution >= 0.6 is 23.2 Å². The van der Waals surface area contributed by atoms with Gasteiger partial charge in [-0.3, -0.25) is 14.9 Å². The first-order chi connectivity index (χ1) is 9.50. The summed E-state index contributed by atoms with van der Waals surface area (Å²) < 4.78 is 0. The second-order valence-electron chi connectivity index (χ2n) is 3.56. The van der Waals surface area contributed by atoms with Gasteiger partial charge in [0, 0.05) is 6.07 Å². The van der Waals surface area contributed by atoms with E-state index in [1.807, 2.05) is 0 Å². The molecule has 9 heteroatoms. The summed E-state index contributed by atoms with van der Waals surface area (Å²) in [6, 6.07) is 5.52. The van der Waals surface area contributed by atoms with E-state index >= 15 is 0 Å². The second-order valence-corrected chi connectivity index (χ2v) is 4.29. The van der Waals surface area contributed by atoms with Crippen molar-refractivity contribution < 1.29 is 9.72 Å². The van der Waals surface area contributed by atoms with Crippen molar-refractivity contribution in [2.45, 2.75) is 0 Å². The van der Waals surface area contributed by atoms with Crippen LogP contribution in [0.25, 0.3) is 0 Å². The first-order valence-electron chi connectivity index (χ1n) is 5.21. The topological polar surface area (TPSA) is 98.0 Å². The van der Waals surface area contributed by atoms with Gasteiger partial charge in [-0.05, 0) is 6.07 Å². The van der Waals surface area contributed by atoms with Gasteiger partial charge in [0.25, 0.3) is 11.6 Å². The number of nitro benzene ring substituents is 1. The van der Waals surface area contributed by atoms with E-state index < -0.39 is 10.8 Å². The zero-order chi connectivity index (χ0) is 14.7. The molecule has 0 fully saturated rings. The number of amides is 1. The van der Waals surface area contributed by atoms with Gasteiger partial charge in [0.05, 0.1) is 4.92 Å². The molecule has 0 bridgehead atoms. The van der Waals surface area contributed by atoms with Crippen LogP contribution in [0.3, 0.4) is 0 Å². The van der Waals surface area contributed by atoms with Gasteiger partial charge in [-0.2, -0.15) is 0 Å². The lowest BCUT2D eigenvalue weighted by atomic mass is 10.1. The van der Waals surface area contributed by atoms with E-state index in [9.17, 15) is 14.9 Å². The normalized spacial score (nSPS) is 10.1. The van der Waals surface area contributed by atoms with Gasteiger partial charge in [0.1, 0.15) is 16.9 Å². The maximum Gasteiger partial charge on any atom is 0.282 e. The lowest BCUT2D eigenvalue weighted by molar-refractivity contribution is -0.385. The molecule has 0 aliphatic carbocycles. The number of rotatable bonds is 3. The highest BCUT2D eigenvalue weighted by atomic mass is 35.5. The minimum Gasteiger partial charge on any atom is -0.305 e. The highest BCUT2D eigenvalue weighted by molar-refractivity contribution is 6.43. The predicted octanol–water partition coefficient (Wildman–Crippen LogP) is 2.94. The molecule has 7 nitrogen and oxygen atoms in total. The number of nitro groups is 1. The molecule has 0 spiro atoms. The molecular weight excluding hydrogens is 307 g/mol. The number of carbonyl (C=O) groups excluding carboxylic acids is 1. The SMILES string of the molecule is O=C(Nc1ncnc(Cl)c1Cl)c1ccccc1[N+](=O)[O-]. The zero-order valence-corrected chi connectivity index (χ0v) is 11.2. The fourth-order valence-electron chi connectivity index (χ4n) is 1.44. The van der Waals surface area contributed by atoms with Gasteiger partial charge < -0.3 is 5.32 Å². The third-order valence-electron chi connectivity index (χ3n) is 2.32. The fraction of sp³-hybridized carbons (Fsp3) is 0. The van der Waals surface area contributed by atoms with Gasteiger partial charge in [-0.25, -0.2) is 9.97 Å². The third-order valence-corrected chi connectivity index (χ3v) is 3.07. The van der Waals surface area contributed by atoms with Crippen molar-refractivity contribution in [3.05, 3.63) is 56.4 Å². The Morgan fingerprint density at radius 2 is 1.95 bits per heavy atom. The van der Waals surface area contributed by atoms with Crippen molar-refractivity contribution in [3.8, 4) is 0 Å². The predicted molar refractivity (Wildman–Crippen MR) is 73.1 cm³/mol. The Kier molecular flexibility index (Phi) is 4.11. The van der Waals surface area contributed by atoms with E-state index in [1.54, 1.807) is 0 Å². The average Bonchev–Trinajstić information content (AvgIpc) is 2.43. The van der Waals surface area contributed by atoms with Crippen LogP contribution in [0.4, 0.5) is 11.5 Å². The van der Waals surface area contributed by atoms with E-state index in [-0.39, 0.29) is 27.2 Å². The number of carbonyl (C=O) groups is 1. The Morgan fingerprint density at radius 1 is 1.25 bits per heavy atom. The van der Waals surface area contributed by atoms with Crippen molar-refractivity contribution in [3.63, 3.8) is 0 Å². The molecule has 1 aromatic heterocycles. The standard InChI is InChI=1S/C11H6Cl2N4O3/c12-8-9(13)14-5-15-10(8)16-11(18)6-3-1-2-4-7(6)17(19)20/h1-5H,(H,14,15,16,18). The molecule has 1 heterocycles. The van der Waals surface area contributed by atoms with Crippen LogP contribution in [0.5, 0.6) is 0 Å². The van der Waals surface area contributed by atoms with Crippen LogP contribution < -0.4 is 5.32 Å². The molecule has 0 saturated heterocycles. The van der Waals surface area contributed by atoms with Crippen LogP contribution in [0, 0.1) is 10.1 Å². The molecule has 2 aromatic rings. The van der Waals surface area contributed by atoms with E-state index in [0.717, 1.165) is 6.33 Å². The van der Waals surface area contributed by atoms with E-state index in [4.69, 9.17) is 23.2 Å². The molecule has 2 rings (SSSR count). The Hall–Kier alpha value is -2.25. The lowest BCUT2D eigenvalue weighted by Gasteiger charge is -2.06. The highest BCUT2D eigenvalue weighted by Gasteiger charge is 2.20. The Bertz CT molecular complexity index is 693. The first-order valence-corrected chi connectivity index (χ1v) is 5.97. The number of benzene rings is 1. The average molecular weight is 313 g/mol. The van der Waals surface area contributed by atoms with Crippen LogP contribution in [0.1, 0.15) is 10.4 Å². The summed E-state index contributed by atoms with van der Waals surface area (Å²) in [6.07, 6.45) is 1.11. The molecule has 1 aromatic carbocycles. The van der Waals surface area contributed by atoms with Gasteiger partial charge in [0.2, 0.25) is 0 Å². The molecule has 102 valence electrons. The van der Waals surface area contributed by atoms with Crippen molar-refractivity contribution in [1.29, 1.82) is 0 Å². The van der Waals surface area contributed by atoms with Crippen LogP contribution in [0.2, 0.25) is 10.2 Å². The van der Waals surface area contributed by atoms with Gasteiger partial charge >= 0.3 is 0 Å². The minimum absolute atomic E-state index is 0.0187. The van der Waals surface area contributed by atoms with Crippen molar-refractivity contribution >= 4 is 40.6 Å². The Labute approximate surface area is 122 Å². The number of aromatic nitrogens is 2. The summed E-state index contributed by atoms with van der Waals surface area (Å²) in [4.78, 5) is 29.6. The summed E-state index contributed by atoms with van der Waals surface area (Å²) in [7, 11) is 0. The first kappa shape index (κ1) is 14.2. The zero-order valence-electron chi connectivity index (χ0n) is 9.71. The number of para-hydroxylation sites is 1. The maximum absolute atomic E-state index is 12.0. The number of hydrogen-bond donors (Lipinski definition) is 1. The fourth-order valence-corrected chi connectivity index (χ4v) is 1.71. The largest absolute Gasteiger partial charge is 0.305 e. The lowest BCUT2D eigenvalue weighted by Crippen LogP contribution is -2.15. The summed E-state index contributed by atoms with van der Waals surface area (Å²) in [5, 5.41) is 13.1. The number of halogens is 2. The Balaban J connectivity index is 2.34. The molecule has 0 atom stereocenters. The van der Waals surface area contributed by atoms with Gasteiger partial charge in [0.15, 0.2) is 11.0 Å². The van der Waals surface area contributed by atoms with Crippen LogP contribution in [-0.4, -0.2) is 20.8 Å². The number of hydrogen-bond acceptors (Lipinski definition) is 5. The monoisotopic (exact) mass is 312 g/mol. The highest BCUT2D eigenvalue weighted by Crippen LogP contribution is 2.26. The second kappa shape index (κ2) is 5.81. The van der Waals surface area contributed by atoms with Crippen molar-refractivity contribution in [2.24, 2.45) is 0 Å². The summed E-state index contributed by atoms with van der Waals surface area (Å²) in [5.74, 6) is -0.733. The van der Waals surface area contributed by atoms with Crippen molar-refractivity contribution in [1.82, 2.24) is 9.97 Å². The van der Waals surface area contributed by atoms with Crippen LogP contribution in [0.15, 0.2) is 30.6 Å². The van der Waals surface area contributed by atoms with Crippen LogP contribution in [-0.2, 0) is 0 Å². The molecule has 0 saturated carbocycles. The van der Waals surface area contributed by atoms with Crippen molar-refractivity contribution in [2.75, 3.05) is 5.32 Å². The van der Waals surface area contributed by atoms with Gasteiger partial charge in [-0.15, -0.1) is 0 Å². The van der Waals surface area contributed by atoms with E-state index in [2.05, 4.69) is 15.3 Å². The smallest absolute Gasteiger partial charge is 0.282 e. The maximum atomic E-state index is 12.0. The molecule has 20 heavy (non-hydrogen) atoms. The Morgan fingerprint density at radius 3 is 2.65 bits per heavy atom. The molecule has 0 unspecified atom stereocenters. The molecule has 0 aliphatic rings. The minimum atomic E-state index is -0.714.